The van der Waals surface area contributed by atoms with E-state index in [1.54, 1.807) is 0 Å². The van der Waals surface area contributed by atoms with E-state index in [9.17, 15) is 4.79 Å². The van der Waals surface area contributed by atoms with Crippen LogP contribution in [0.3, 0.4) is 0 Å². The zero-order valence-electron chi connectivity index (χ0n) is 14.4. The number of amides is 1. The summed E-state index contributed by atoms with van der Waals surface area (Å²) in [4.78, 5) is 18.2. The van der Waals surface area contributed by atoms with Crippen molar-refractivity contribution in [2.45, 2.75) is 13.0 Å². The largest absolute Gasteiger partial charge is 0.487 e. The lowest BCUT2D eigenvalue weighted by Crippen LogP contribution is -2.14. The van der Waals surface area contributed by atoms with Gasteiger partial charge in [0, 0.05) is 5.56 Å². The minimum Gasteiger partial charge on any atom is -0.487 e. The number of para-hydroxylation sites is 1. The summed E-state index contributed by atoms with van der Waals surface area (Å²) in [6.07, 6.45) is 0.322. The van der Waals surface area contributed by atoms with Gasteiger partial charge in [0.25, 0.3) is 0 Å². The summed E-state index contributed by atoms with van der Waals surface area (Å²) in [5.74, 6) is 0.773. The summed E-state index contributed by atoms with van der Waals surface area (Å²) >= 11 is 1.47. The van der Waals surface area contributed by atoms with Gasteiger partial charge in [0.15, 0.2) is 5.13 Å². The van der Waals surface area contributed by atoms with Crippen LogP contribution in [-0.2, 0) is 17.8 Å². The van der Waals surface area contributed by atoms with E-state index in [1.165, 1.54) is 16.7 Å². The number of benzene rings is 3. The van der Waals surface area contributed by atoms with Gasteiger partial charge in [-0.3, -0.25) is 4.79 Å². The quantitative estimate of drug-likeness (QED) is 0.548. The van der Waals surface area contributed by atoms with E-state index in [0.717, 1.165) is 32.8 Å². The molecule has 1 aliphatic rings. The zero-order chi connectivity index (χ0) is 18.2. The van der Waals surface area contributed by atoms with Gasteiger partial charge in [-0.05, 0) is 28.5 Å². The van der Waals surface area contributed by atoms with Gasteiger partial charge in [-0.2, -0.15) is 0 Å². The van der Waals surface area contributed by atoms with Crippen molar-refractivity contribution in [2.75, 3.05) is 5.32 Å². The number of nitrogens with one attached hydrogen (secondary N) is 1. The van der Waals surface area contributed by atoms with Crippen molar-refractivity contribution in [1.82, 2.24) is 4.98 Å². The molecule has 1 amide bonds. The first kappa shape index (κ1) is 16.0. The second kappa shape index (κ2) is 6.52. The topological polar surface area (TPSA) is 51.2 Å². The Balaban J connectivity index is 1.35. The molecule has 0 aliphatic carbocycles. The van der Waals surface area contributed by atoms with E-state index >= 15 is 0 Å². The summed E-state index contributed by atoms with van der Waals surface area (Å²) < 4.78 is 5.76. The molecule has 0 fully saturated rings. The lowest BCUT2D eigenvalue weighted by atomic mass is 10.1. The standard InChI is InChI=1S/C22H16N2O2S/c25-20(12-14-9-10-15-5-1-2-6-16(15)11-14)23-22-24-21-17-7-3-4-8-18(17)26-13-19(21)27-22/h1-11H,12-13H2,(H,23,24,25). The van der Waals surface area contributed by atoms with Crippen LogP contribution in [-0.4, -0.2) is 10.9 Å². The number of rotatable bonds is 3. The molecule has 4 nitrogen and oxygen atoms in total. The molecule has 4 aromatic rings. The van der Waals surface area contributed by atoms with Gasteiger partial charge in [-0.15, -0.1) is 0 Å². The molecule has 5 heteroatoms. The van der Waals surface area contributed by atoms with Crippen LogP contribution in [0.15, 0.2) is 66.7 Å². The Hall–Kier alpha value is -3.18. The van der Waals surface area contributed by atoms with Gasteiger partial charge in [0.1, 0.15) is 12.4 Å². The third kappa shape index (κ3) is 3.06. The summed E-state index contributed by atoms with van der Waals surface area (Å²) in [7, 11) is 0. The number of anilines is 1. The van der Waals surface area contributed by atoms with Crippen LogP contribution in [0, 0.1) is 0 Å². The highest BCUT2D eigenvalue weighted by Gasteiger charge is 2.22. The molecule has 2 heterocycles. The van der Waals surface area contributed by atoms with E-state index in [4.69, 9.17) is 4.74 Å². The maximum atomic E-state index is 12.5. The number of aromatic nitrogens is 1. The second-order valence-corrected chi connectivity index (χ2v) is 7.57. The van der Waals surface area contributed by atoms with Crippen molar-refractivity contribution in [2.24, 2.45) is 0 Å². The summed E-state index contributed by atoms with van der Waals surface area (Å²) in [6, 6.07) is 22.1. The number of nitrogens with zero attached hydrogens (tertiary/aromatic N) is 1. The Morgan fingerprint density at radius 1 is 1.04 bits per heavy atom. The number of hydrogen-bond donors (Lipinski definition) is 1. The molecule has 3 aromatic carbocycles. The number of fused-ring (bicyclic) bond motifs is 4. The minimum absolute atomic E-state index is 0.0643. The number of carbonyl (C=O) groups is 1. The molecule has 0 saturated carbocycles. The first-order chi connectivity index (χ1) is 13.3. The van der Waals surface area contributed by atoms with Crippen LogP contribution >= 0.6 is 11.3 Å². The Morgan fingerprint density at radius 2 is 1.85 bits per heavy atom. The normalized spacial score (nSPS) is 12.1. The molecule has 0 unspecified atom stereocenters. The van der Waals surface area contributed by atoms with Crippen LogP contribution in [0.1, 0.15) is 10.4 Å². The Kier molecular flexibility index (Phi) is 3.87. The molecule has 0 bridgehead atoms. The van der Waals surface area contributed by atoms with Crippen molar-refractivity contribution < 1.29 is 9.53 Å². The highest BCUT2D eigenvalue weighted by Crippen LogP contribution is 2.40. The van der Waals surface area contributed by atoms with Crippen LogP contribution < -0.4 is 10.1 Å². The predicted octanol–water partition coefficient (Wildman–Crippen LogP) is 5.04. The maximum Gasteiger partial charge on any atom is 0.230 e. The average Bonchev–Trinajstić information content (AvgIpc) is 3.10. The molecule has 5 rings (SSSR count). The first-order valence-electron chi connectivity index (χ1n) is 8.76. The number of carbonyl (C=O) groups excluding carboxylic acids is 1. The van der Waals surface area contributed by atoms with Gasteiger partial charge >= 0.3 is 0 Å². The molecule has 0 spiro atoms. The highest BCUT2D eigenvalue weighted by molar-refractivity contribution is 7.16. The molecule has 27 heavy (non-hydrogen) atoms. The molecule has 1 aromatic heterocycles. The first-order valence-corrected chi connectivity index (χ1v) is 9.57. The second-order valence-electron chi connectivity index (χ2n) is 6.48. The molecule has 1 aliphatic heterocycles. The summed E-state index contributed by atoms with van der Waals surface area (Å²) in [5, 5.41) is 5.87. The molecule has 0 atom stereocenters. The lowest BCUT2D eigenvalue weighted by Gasteiger charge is -2.15. The lowest BCUT2D eigenvalue weighted by molar-refractivity contribution is -0.115. The molecular formula is C22H16N2O2S. The van der Waals surface area contributed by atoms with Crippen molar-refractivity contribution in [1.29, 1.82) is 0 Å². The summed E-state index contributed by atoms with van der Waals surface area (Å²) in [5.41, 5.74) is 2.87. The minimum atomic E-state index is -0.0643. The number of hydrogen-bond acceptors (Lipinski definition) is 4. The maximum absolute atomic E-state index is 12.5. The highest BCUT2D eigenvalue weighted by atomic mass is 32.1. The smallest absolute Gasteiger partial charge is 0.230 e. The molecule has 0 radical (unpaired) electrons. The van der Waals surface area contributed by atoms with Crippen LogP contribution in [0.4, 0.5) is 5.13 Å². The average molecular weight is 372 g/mol. The van der Waals surface area contributed by atoms with Gasteiger partial charge < -0.3 is 10.1 Å². The van der Waals surface area contributed by atoms with Crippen LogP contribution in [0.5, 0.6) is 5.75 Å². The predicted molar refractivity (Wildman–Crippen MR) is 108 cm³/mol. The Morgan fingerprint density at radius 3 is 2.78 bits per heavy atom. The molecular weight excluding hydrogens is 356 g/mol. The van der Waals surface area contributed by atoms with E-state index < -0.39 is 0 Å². The number of ether oxygens (including phenoxy) is 1. The van der Waals surface area contributed by atoms with Crippen molar-refractivity contribution in [3.63, 3.8) is 0 Å². The number of thiazole rings is 1. The van der Waals surface area contributed by atoms with Gasteiger partial charge in [0.2, 0.25) is 5.91 Å². The van der Waals surface area contributed by atoms with Gasteiger partial charge in [0.05, 0.1) is 17.0 Å². The third-order valence-electron chi connectivity index (χ3n) is 4.62. The van der Waals surface area contributed by atoms with Crippen LogP contribution in [0.25, 0.3) is 22.0 Å². The summed E-state index contributed by atoms with van der Waals surface area (Å²) in [6.45, 7) is 0.491. The molecule has 0 saturated heterocycles. The van der Waals surface area contributed by atoms with Crippen molar-refractivity contribution in [3.05, 3.63) is 77.2 Å². The van der Waals surface area contributed by atoms with Crippen molar-refractivity contribution in [3.8, 4) is 17.0 Å². The fourth-order valence-corrected chi connectivity index (χ4v) is 4.25. The van der Waals surface area contributed by atoms with Crippen LogP contribution in [0.2, 0.25) is 0 Å². The van der Waals surface area contributed by atoms with Gasteiger partial charge in [-0.25, -0.2) is 4.98 Å². The van der Waals surface area contributed by atoms with E-state index in [0.29, 0.717) is 18.2 Å². The Labute approximate surface area is 160 Å². The Bertz CT molecular complexity index is 1170. The van der Waals surface area contributed by atoms with E-state index in [1.807, 2.05) is 48.5 Å². The SMILES string of the molecule is O=C(Cc1ccc2ccccc2c1)Nc1nc2c(s1)COc1ccccc1-2. The monoisotopic (exact) mass is 372 g/mol. The fourth-order valence-electron chi connectivity index (χ4n) is 3.34. The molecule has 132 valence electrons. The fraction of sp³-hybridized carbons (Fsp3) is 0.0909. The van der Waals surface area contributed by atoms with E-state index in [-0.39, 0.29) is 5.91 Å². The molecule has 1 N–H and O–H groups in total. The third-order valence-corrected chi connectivity index (χ3v) is 5.57. The van der Waals surface area contributed by atoms with E-state index in [2.05, 4.69) is 28.5 Å². The zero-order valence-corrected chi connectivity index (χ0v) is 15.3. The van der Waals surface area contributed by atoms with Crippen molar-refractivity contribution >= 4 is 33.1 Å². The van der Waals surface area contributed by atoms with Gasteiger partial charge in [-0.1, -0.05) is 65.9 Å².